The minimum Gasteiger partial charge on any atom is -0.488 e. The molecule has 0 fully saturated rings. The normalized spacial score (nSPS) is 21.4. The predicted octanol–water partition coefficient (Wildman–Crippen LogP) is 0.170. The fourth-order valence-electron chi connectivity index (χ4n) is 3.11. The average molecular weight is 464 g/mol. The number of nitrogens with one attached hydrogen (secondary N) is 1. The van der Waals surface area contributed by atoms with Crippen LogP contribution < -0.4 is 9.46 Å². The van der Waals surface area contributed by atoms with Gasteiger partial charge in [-0.1, -0.05) is 6.92 Å². The lowest BCUT2D eigenvalue weighted by molar-refractivity contribution is 0.0387. The number of rotatable bonds is 7. The molecule has 1 aliphatic rings. The van der Waals surface area contributed by atoms with Gasteiger partial charge in [0.1, 0.15) is 11.9 Å². The van der Waals surface area contributed by atoms with Crippen molar-refractivity contribution < 1.29 is 31.5 Å². The van der Waals surface area contributed by atoms with Crippen LogP contribution in [0.2, 0.25) is 0 Å². The minimum atomic E-state index is -3.55. The minimum absolute atomic E-state index is 0.0678. The Morgan fingerprint density at radius 3 is 2.47 bits per heavy atom. The first-order valence-electron chi connectivity index (χ1n) is 9.34. The van der Waals surface area contributed by atoms with Crippen molar-refractivity contribution in [2.24, 2.45) is 5.92 Å². The van der Waals surface area contributed by atoms with E-state index in [4.69, 9.17) is 4.74 Å². The van der Waals surface area contributed by atoms with Crippen LogP contribution in [0.15, 0.2) is 18.2 Å². The Balaban J connectivity index is 2.52. The SMILES string of the molecule is C[C@H](CO)N1C[C@H](C)[C@H](CN(C)S(C)(=O)=O)Oc2ccc(NS(C)(=O)=O)cc2C1=O. The number of aliphatic hydroxyl groups is 1. The smallest absolute Gasteiger partial charge is 0.258 e. The van der Waals surface area contributed by atoms with Crippen LogP contribution in [-0.2, 0) is 20.0 Å². The van der Waals surface area contributed by atoms with Crippen molar-refractivity contribution in [2.45, 2.75) is 26.0 Å². The van der Waals surface area contributed by atoms with Gasteiger partial charge < -0.3 is 14.7 Å². The molecule has 30 heavy (non-hydrogen) atoms. The van der Waals surface area contributed by atoms with Crippen LogP contribution in [0.5, 0.6) is 5.75 Å². The summed E-state index contributed by atoms with van der Waals surface area (Å²) in [4.78, 5) is 14.7. The van der Waals surface area contributed by atoms with E-state index >= 15 is 0 Å². The molecule has 170 valence electrons. The van der Waals surface area contributed by atoms with Crippen molar-refractivity contribution in [3.63, 3.8) is 0 Å². The van der Waals surface area contributed by atoms with Crippen LogP contribution in [0.25, 0.3) is 0 Å². The number of anilines is 1. The van der Waals surface area contributed by atoms with E-state index in [2.05, 4.69) is 4.72 Å². The van der Waals surface area contributed by atoms with Gasteiger partial charge in [0.25, 0.3) is 5.91 Å². The lowest BCUT2D eigenvalue weighted by atomic mass is 9.99. The fraction of sp³-hybridized carbons (Fsp3) is 0.611. The van der Waals surface area contributed by atoms with Gasteiger partial charge >= 0.3 is 0 Å². The second-order valence-corrected chi connectivity index (χ2v) is 11.6. The van der Waals surface area contributed by atoms with Crippen molar-refractivity contribution in [1.29, 1.82) is 0 Å². The fourth-order valence-corrected chi connectivity index (χ4v) is 4.08. The van der Waals surface area contributed by atoms with E-state index in [0.717, 1.165) is 12.5 Å². The molecule has 1 aromatic rings. The van der Waals surface area contributed by atoms with Crippen LogP contribution in [0, 0.1) is 5.92 Å². The molecule has 0 unspecified atom stereocenters. The van der Waals surface area contributed by atoms with Crippen molar-refractivity contribution in [1.82, 2.24) is 9.21 Å². The molecule has 2 rings (SSSR count). The number of benzene rings is 1. The molecular weight excluding hydrogens is 434 g/mol. The predicted molar refractivity (Wildman–Crippen MR) is 114 cm³/mol. The zero-order valence-electron chi connectivity index (χ0n) is 17.7. The highest BCUT2D eigenvalue weighted by atomic mass is 32.2. The molecule has 3 atom stereocenters. The third-order valence-corrected chi connectivity index (χ3v) is 6.86. The van der Waals surface area contributed by atoms with Gasteiger partial charge in [-0.15, -0.1) is 0 Å². The number of amides is 1. The molecule has 12 heteroatoms. The van der Waals surface area contributed by atoms with Gasteiger partial charge in [-0.05, 0) is 25.1 Å². The molecular formula is C18H29N3O7S2. The Bertz CT molecular complexity index is 995. The van der Waals surface area contributed by atoms with E-state index in [1.54, 1.807) is 6.92 Å². The summed E-state index contributed by atoms with van der Waals surface area (Å²) in [6.45, 7) is 3.58. The van der Waals surface area contributed by atoms with Crippen LogP contribution in [0.4, 0.5) is 5.69 Å². The van der Waals surface area contributed by atoms with Crippen LogP contribution >= 0.6 is 0 Å². The number of likely N-dealkylation sites (N-methyl/N-ethyl adjacent to an activating group) is 1. The highest BCUT2D eigenvalue weighted by Gasteiger charge is 2.34. The first-order valence-corrected chi connectivity index (χ1v) is 13.1. The zero-order chi connectivity index (χ0) is 22.9. The van der Waals surface area contributed by atoms with Gasteiger partial charge in [0.2, 0.25) is 20.0 Å². The average Bonchev–Trinajstić information content (AvgIpc) is 2.62. The maximum atomic E-state index is 13.2. The summed E-state index contributed by atoms with van der Waals surface area (Å²) < 4.78 is 56.4. The van der Waals surface area contributed by atoms with Crippen LogP contribution in [-0.4, -0.2) is 88.5 Å². The number of carbonyl (C=O) groups is 1. The molecule has 0 aromatic heterocycles. The standard InChI is InChI=1S/C18H29N3O7S2/c1-12-9-21(13(2)11-22)18(23)15-8-14(19-29(4,24)25)6-7-16(15)28-17(12)10-20(3)30(5,26)27/h6-8,12-13,17,19,22H,9-11H2,1-5H3/t12-,13+,17-/m0/s1. The number of nitrogens with zero attached hydrogens (tertiary/aromatic N) is 2. The van der Waals surface area contributed by atoms with Crippen molar-refractivity contribution in [3.8, 4) is 5.75 Å². The summed E-state index contributed by atoms with van der Waals surface area (Å²) >= 11 is 0. The monoisotopic (exact) mass is 463 g/mol. The summed E-state index contributed by atoms with van der Waals surface area (Å²) in [7, 11) is -5.55. The van der Waals surface area contributed by atoms with Gasteiger partial charge in [-0.3, -0.25) is 9.52 Å². The maximum Gasteiger partial charge on any atom is 0.258 e. The van der Waals surface area contributed by atoms with Crippen molar-refractivity contribution >= 4 is 31.6 Å². The molecule has 0 spiro atoms. The Morgan fingerprint density at radius 1 is 1.30 bits per heavy atom. The second kappa shape index (κ2) is 9.08. The molecule has 1 heterocycles. The third kappa shape index (κ3) is 6.06. The zero-order valence-corrected chi connectivity index (χ0v) is 19.3. The summed E-state index contributed by atoms with van der Waals surface area (Å²) in [6.07, 6.45) is 1.53. The molecule has 0 saturated heterocycles. The van der Waals surface area contributed by atoms with Gasteiger partial charge in [0, 0.05) is 25.2 Å². The van der Waals surface area contributed by atoms with Crippen molar-refractivity contribution in [3.05, 3.63) is 23.8 Å². The van der Waals surface area contributed by atoms with E-state index in [9.17, 15) is 26.7 Å². The van der Waals surface area contributed by atoms with E-state index in [1.807, 2.05) is 6.92 Å². The molecule has 10 nitrogen and oxygen atoms in total. The van der Waals surface area contributed by atoms with E-state index < -0.39 is 38.1 Å². The maximum absolute atomic E-state index is 13.2. The highest BCUT2D eigenvalue weighted by molar-refractivity contribution is 7.92. The molecule has 1 amide bonds. The first kappa shape index (κ1) is 24.4. The van der Waals surface area contributed by atoms with E-state index in [1.165, 1.54) is 34.5 Å². The number of fused-ring (bicyclic) bond motifs is 1. The summed E-state index contributed by atoms with van der Waals surface area (Å²) in [5, 5.41) is 9.62. The molecule has 0 aliphatic carbocycles. The number of sulfonamides is 2. The molecule has 0 radical (unpaired) electrons. The Labute approximate surface area is 177 Å². The number of carbonyl (C=O) groups excluding carboxylic acids is 1. The van der Waals surface area contributed by atoms with Gasteiger partial charge in [0.05, 0.1) is 37.3 Å². The topological polar surface area (TPSA) is 133 Å². The van der Waals surface area contributed by atoms with Crippen molar-refractivity contribution in [2.75, 3.05) is 44.0 Å². The van der Waals surface area contributed by atoms with E-state index in [0.29, 0.717) is 0 Å². The lowest BCUT2D eigenvalue weighted by Gasteiger charge is -2.38. The molecule has 1 aliphatic heterocycles. The quantitative estimate of drug-likeness (QED) is 0.589. The highest BCUT2D eigenvalue weighted by Crippen LogP contribution is 2.31. The van der Waals surface area contributed by atoms with Gasteiger partial charge in [-0.25, -0.2) is 21.1 Å². The molecule has 0 saturated carbocycles. The number of hydrogen-bond donors (Lipinski definition) is 2. The Morgan fingerprint density at radius 2 is 1.93 bits per heavy atom. The Hall–Kier alpha value is -1.89. The number of hydrogen-bond acceptors (Lipinski definition) is 7. The van der Waals surface area contributed by atoms with Gasteiger partial charge in [0.15, 0.2) is 0 Å². The molecule has 2 N–H and O–H groups in total. The molecule has 1 aromatic carbocycles. The Kier molecular flexibility index (Phi) is 7.38. The van der Waals surface area contributed by atoms with E-state index in [-0.39, 0.29) is 42.6 Å². The largest absolute Gasteiger partial charge is 0.488 e. The number of aliphatic hydroxyl groups excluding tert-OH is 1. The third-order valence-electron chi connectivity index (χ3n) is 4.97. The van der Waals surface area contributed by atoms with Crippen LogP contribution in [0.3, 0.4) is 0 Å². The summed E-state index contributed by atoms with van der Waals surface area (Å²) in [5.41, 5.74) is 0.325. The van der Waals surface area contributed by atoms with Crippen LogP contribution in [0.1, 0.15) is 24.2 Å². The number of ether oxygens (including phenoxy) is 1. The lowest BCUT2D eigenvalue weighted by Crippen LogP contribution is -2.50. The summed E-state index contributed by atoms with van der Waals surface area (Å²) in [5.74, 6) is -0.438. The van der Waals surface area contributed by atoms with Gasteiger partial charge in [-0.2, -0.15) is 0 Å². The summed E-state index contributed by atoms with van der Waals surface area (Å²) in [6, 6.07) is 3.83. The second-order valence-electron chi connectivity index (χ2n) is 7.75. The first-order chi connectivity index (χ1) is 13.7. The molecule has 0 bridgehead atoms.